The second kappa shape index (κ2) is 11.3. The lowest BCUT2D eigenvalue weighted by molar-refractivity contribution is 0.0786. The van der Waals surface area contributed by atoms with E-state index in [0.29, 0.717) is 30.9 Å². The van der Waals surface area contributed by atoms with Gasteiger partial charge in [0.1, 0.15) is 5.69 Å². The monoisotopic (exact) mass is 435 g/mol. The lowest BCUT2D eigenvalue weighted by atomic mass is 9.95. The van der Waals surface area contributed by atoms with Crippen molar-refractivity contribution < 1.29 is 9.59 Å². The van der Waals surface area contributed by atoms with Crippen molar-refractivity contribution in [2.24, 2.45) is 7.05 Å². The number of aromatic amines is 1. The number of H-pyrrole nitrogens is 1. The molecule has 1 aliphatic carbocycles. The Morgan fingerprint density at radius 3 is 2.53 bits per heavy atom. The van der Waals surface area contributed by atoms with E-state index in [-0.39, 0.29) is 11.8 Å². The van der Waals surface area contributed by atoms with Crippen molar-refractivity contribution in [3.05, 3.63) is 76.9 Å². The van der Waals surface area contributed by atoms with Crippen LogP contribution in [0.4, 0.5) is 0 Å². The molecule has 7 heteroatoms. The molecule has 2 amide bonds. The summed E-state index contributed by atoms with van der Waals surface area (Å²) in [5.41, 5.74) is 4.71. The molecule has 1 aromatic carbocycles. The fourth-order valence-corrected chi connectivity index (χ4v) is 3.78. The van der Waals surface area contributed by atoms with Crippen LogP contribution in [-0.4, -0.2) is 51.6 Å². The Hall–Kier alpha value is -3.35. The summed E-state index contributed by atoms with van der Waals surface area (Å²) in [6.45, 7) is 3.19. The maximum absolute atomic E-state index is 12.6. The molecule has 0 fully saturated rings. The van der Waals surface area contributed by atoms with Gasteiger partial charge in [0.15, 0.2) is 5.69 Å². The fraction of sp³-hybridized carbons (Fsp3) is 0.400. The van der Waals surface area contributed by atoms with E-state index < -0.39 is 0 Å². The van der Waals surface area contributed by atoms with E-state index in [4.69, 9.17) is 0 Å². The van der Waals surface area contributed by atoms with Gasteiger partial charge in [-0.3, -0.25) is 14.7 Å². The number of nitrogens with one attached hydrogen (secondary N) is 2. The molecule has 0 radical (unpaired) electrons. The van der Waals surface area contributed by atoms with Gasteiger partial charge in [-0.1, -0.05) is 35.9 Å². The van der Waals surface area contributed by atoms with E-state index in [1.165, 1.54) is 5.56 Å². The van der Waals surface area contributed by atoms with Crippen LogP contribution in [-0.2, 0) is 19.9 Å². The summed E-state index contributed by atoms with van der Waals surface area (Å²) in [7, 11) is 3.62. The summed E-state index contributed by atoms with van der Waals surface area (Å²) >= 11 is 0. The van der Waals surface area contributed by atoms with E-state index in [9.17, 15) is 9.59 Å². The molecule has 0 bridgehead atoms. The van der Waals surface area contributed by atoms with Gasteiger partial charge in [-0.15, -0.1) is 0 Å². The first-order valence-corrected chi connectivity index (χ1v) is 11.2. The first-order chi connectivity index (χ1) is 15.5. The normalized spacial score (nSPS) is 12.3. The van der Waals surface area contributed by atoms with Crippen LogP contribution < -0.4 is 5.32 Å². The van der Waals surface area contributed by atoms with E-state index >= 15 is 0 Å². The number of aromatic nitrogens is 3. The molecule has 32 heavy (non-hydrogen) atoms. The standard InChI is InChI=1S/C18H25N5O2.C7H8/c1-22-11-5-9-15(22)17(24)19-10-6-12-23(2)18(25)16-13-7-3-4-8-14(13)20-21-16;1-7-5-3-2-4-6-7/h5,9,11H,3-4,6-8,10,12H2,1-2H3,(H,19,24)(H,20,21);2-6H,1H3. The largest absolute Gasteiger partial charge is 0.351 e. The lowest BCUT2D eigenvalue weighted by Crippen LogP contribution is -2.32. The van der Waals surface area contributed by atoms with Crippen molar-refractivity contribution in [3.63, 3.8) is 0 Å². The Kier molecular flexibility index (Phi) is 8.25. The van der Waals surface area contributed by atoms with Crippen LogP contribution >= 0.6 is 0 Å². The zero-order valence-corrected chi connectivity index (χ0v) is 19.2. The van der Waals surface area contributed by atoms with Crippen LogP contribution in [0.1, 0.15) is 57.1 Å². The van der Waals surface area contributed by atoms with Crippen molar-refractivity contribution >= 4 is 11.8 Å². The molecule has 0 saturated carbocycles. The highest BCUT2D eigenvalue weighted by molar-refractivity contribution is 5.94. The van der Waals surface area contributed by atoms with Gasteiger partial charge in [0.25, 0.3) is 11.8 Å². The summed E-state index contributed by atoms with van der Waals surface area (Å²) in [6.07, 6.45) is 6.70. The number of rotatable bonds is 6. The van der Waals surface area contributed by atoms with Crippen LogP contribution in [0, 0.1) is 6.92 Å². The molecule has 170 valence electrons. The van der Waals surface area contributed by atoms with Gasteiger partial charge in [-0.2, -0.15) is 5.10 Å². The van der Waals surface area contributed by atoms with Gasteiger partial charge >= 0.3 is 0 Å². The summed E-state index contributed by atoms with van der Waals surface area (Å²) < 4.78 is 1.78. The number of hydrogen-bond acceptors (Lipinski definition) is 3. The van der Waals surface area contributed by atoms with Crippen molar-refractivity contribution in [1.82, 2.24) is 25.0 Å². The highest BCUT2D eigenvalue weighted by atomic mass is 16.2. The average molecular weight is 436 g/mol. The summed E-state index contributed by atoms with van der Waals surface area (Å²) in [4.78, 5) is 26.3. The SMILES string of the molecule is CN(CCCNC(=O)c1cccn1C)C(=O)c1n[nH]c2c1CCCC2.Cc1ccccc1. The number of carbonyl (C=O) groups is 2. The quantitative estimate of drug-likeness (QED) is 0.581. The van der Waals surface area contributed by atoms with Crippen LogP contribution in [0.2, 0.25) is 0 Å². The first-order valence-electron chi connectivity index (χ1n) is 11.2. The highest BCUT2D eigenvalue weighted by Gasteiger charge is 2.23. The maximum atomic E-state index is 12.6. The molecule has 0 saturated heterocycles. The second-order valence-corrected chi connectivity index (χ2v) is 8.23. The minimum absolute atomic E-state index is 0.0480. The van der Waals surface area contributed by atoms with Crippen LogP contribution in [0.5, 0.6) is 0 Å². The molecule has 3 aromatic rings. The summed E-state index contributed by atoms with van der Waals surface area (Å²) in [5, 5.41) is 10.1. The maximum Gasteiger partial charge on any atom is 0.274 e. The molecular formula is C25H33N5O2. The van der Waals surface area contributed by atoms with Crippen LogP contribution in [0.25, 0.3) is 0 Å². The Morgan fingerprint density at radius 2 is 1.88 bits per heavy atom. The molecule has 7 nitrogen and oxygen atoms in total. The van der Waals surface area contributed by atoms with Gasteiger partial charge in [-0.25, -0.2) is 0 Å². The molecule has 1 aliphatic rings. The predicted molar refractivity (Wildman–Crippen MR) is 126 cm³/mol. The third-order valence-corrected chi connectivity index (χ3v) is 5.68. The van der Waals surface area contributed by atoms with Crippen molar-refractivity contribution in [2.45, 2.75) is 39.0 Å². The van der Waals surface area contributed by atoms with Gasteiger partial charge in [-0.05, 0) is 51.2 Å². The molecule has 2 N–H and O–H groups in total. The van der Waals surface area contributed by atoms with Crippen LogP contribution in [0.15, 0.2) is 48.7 Å². The number of hydrogen-bond donors (Lipinski definition) is 2. The van der Waals surface area contributed by atoms with Crippen molar-refractivity contribution in [3.8, 4) is 0 Å². The molecule has 0 spiro atoms. The predicted octanol–water partition coefficient (Wildman–Crippen LogP) is 3.51. The zero-order chi connectivity index (χ0) is 22.9. The van der Waals surface area contributed by atoms with E-state index in [2.05, 4.69) is 34.6 Å². The Bertz CT molecular complexity index is 1020. The zero-order valence-electron chi connectivity index (χ0n) is 19.2. The average Bonchev–Trinajstić information content (AvgIpc) is 3.43. The van der Waals surface area contributed by atoms with Gasteiger partial charge in [0, 0.05) is 44.6 Å². The second-order valence-electron chi connectivity index (χ2n) is 8.23. The van der Waals surface area contributed by atoms with Crippen molar-refractivity contribution in [2.75, 3.05) is 20.1 Å². The fourth-order valence-electron chi connectivity index (χ4n) is 3.78. The number of benzene rings is 1. The first kappa shape index (κ1) is 23.3. The van der Waals surface area contributed by atoms with Crippen LogP contribution in [0.3, 0.4) is 0 Å². The number of amides is 2. The van der Waals surface area contributed by atoms with Gasteiger partial charge < -0.3 is 14.8 Å². The molecule has 2 aromatic heterocycles. The van der Waals surface area contributed by atoms with Gasteiger partial charge in [0.2, 0.25) is 0 Å². The topological polar surface area (TPSA) is 83.0 Å². The minimum atomic E-state index is -0.0946. The minimum Gasteiger partial charge on any atom is -0.351 e. The molecule has 0 unspecified atom stereocenters. The number of nitrogens with zero attached hydrogens (tertiary/aromatic N) is 3. The summed E-state index contributed by atoms with van der Waals surface area (Å²) in [6, 6.07) is 13.9. The third-order valence-electron chi connectivity index (χ3n) is 5.68. The van der Waals surface area contributed by atoms with E-state index in [1.807, 2.05) is 37.5 Å². The molecule has 0 atom stereocenters. The highest BCUT2D eigenvalue weighted by Crippen LogP contribution is 2.22. The molecule has 4 rings (SSSR count). The number of carbonyl (C=O) groups excluding carboxylic acids is 2. The Morgan fingerprint density at radius 1 is 1.12 bits per heavy atom. The Labute approximate surface area is 189 Å². The van der Waals surface area contributed by atoms with Crippen molar-refractivity contribution in [1.29, 1.82) is 0 Å². The van der Waals surface area contributed by atoms with Gasteiger partial charge in [0.05, 0.1) is 0 Å². The number of aryl methyl sites for hydroxylation is 3. The lowest BCUT2D eigenvalue weighted by Gasteiger charge is -2.18. The third kappa shape index (κ3) is 6.09. The Balaban J connectivity index is 0.000000352. The molecule has 0 aliphatic heterocycles. The summed E-state index contributed by atoms with van der Waals surface area (Å²) in [5.74, 6) is -0.143. The molecule has 2 heterocycles. The van der Waals surface area contributed by atoms with E-state index in [0.717, 1.165) is 36.9 Å². The number of fused-ring (bicyclic) bond motifs is 1. The molecular weight excluding hydrogens is 402 g/mol. The smallest absolute Gasteiger partial charge is 0.274 e. The van der Waals surface area contributed by atoms with E-state index in [1.54, 1.807) is 22.6 Å².